The Morgan fingerprint density at radius 2 is 1.70 bits per heavy atom. The molecule has 0 atom stereocenters. The van der Waals surface area contributed by atoms with E-state index in [0.717, 1.165) is 55.3 Å². The molecule has 1 saturated carbocycles. The van der Waals surface area contributed by atoms with Gasteiger partial charge in [0.05, 0.1) is 7.11 Å². The van der Waals surface area contributed by atoms with E-state index in [1.807, 2.05) is 30.3 Å². The second-order valence-corrected chi connectivity index (χ2v) is 7.43. The molecule has 1 aromatic carbocycles. The van der Waals surface area contributed by atoms with Gasteiger partial charge < -0.3 is 15.0 Å². The lowest BCUT2D eigenvalue weighted by Crippen LogP contribution is -2.51. The smallest absolute Gasteiger partial charge is 0.135 e. The number of hydrogen-bond acceptors (Lipinski definition) is 6. The highest BCUT2D eigenvalue weighted by atomic mass is 16.5. The zero-order valence-electron chi connectivity index (χ0n) is 16.1. The molecule has 0 unspecified atom stereocenters. The molecule has 1 aliphatic carbocycles. The molecule has 0 amide bonds. The van der Waals surface area contributed by atoms with Gasteiger partial charge in [0.2, 0.25) is 0 Å². The van der Waals surface area contributed by atoms with Gasteiger partial charge in [-0.25, -0.2) is 9.97 Å². The maximum atomic E-state index is 5.21. The van der Waals surface area contributed by atoms with E-state index in [2.05, 4.69) is 25.1 Å². The zero-order valence-corrected chi connectivity index (χ0v) is 16.1. The van der Waals surface area contributed by atoms with Gasteiger partial charge in [0.15, 0.2) is 0 Å². The maximum Gasteiger partial charge on any atom is 0.135 e. The lowest BCUT2D eigenvalue weighted by atomic mass is 9.94. The average molecular weight is 367 g/mol. The number of aromatic nitrogens is 2. The summed E-state index contributed by atoms with van der Waals surface area (Å²) in [6.45, 7) is 4.34. The number of methoxy groups -OCH3 is 1. The molecule has 0 spiro atoms. The predicted octanol–water partition coefficient (Wildman–Crippen LogP) is 3.68. The van der Waals surface area contributed by atoms with Gasteiger partial charge >= 0.3 is 0 Å². The molecule has 2 aliphatic rings. The summed E-state index contributed by atoms with van der Waals surface area (Å²) in [6, 6.07) is 10.7. The molecular weight excluding hydrogens is 338 g/mol. The Morgan fingerprint density at radius 3 is 2.41 bits per heavy atom. The van der Waals surface area contributed by atoms with E-state index in [1.165, 1.54) is 32.1 Å². The van der Waals surface area contributed by atoms with Crippen LogP contribution in [0.2, 0.25) is 0 Å². The monoisotopic (exact) mass is 367 g/mol. The maximum absolute atomic E-state index is 5.21. The summed E-state index contributed by atoms with van der Waals surface area (Å²) in [5, 5.41) is 3.35. The van der Waals surface area contributed by atoms with Crippen LogP contribution in [0.25, 0.3) is 0 Å². The summed E-state index contributed by atoms with van der Waals surface area (Å²) in [4.78, 5) is 13.9. The van der Waals surface area contributed by atoms with E-state index in [0.29, 0.717) is 0 Å². The highest BCUT2D eigenvalue weighted by Crippen LogP contribution is 2.25. The largest absolute Gasteiger partial charge is 0.497 e. The number of ether oxygens (including phenoxy) is 1. The molecule has 2 fully saturated rings. The molecular formula is C21H29N5O. The van der Waals surface area contributed by atoms with Crippen LogP contribution in [0.15, 0.2) is 36.7 Å². The van der Waals surface area contributed by atoms with Crippen molar-refractivity contribution in [3.05, 3.63) is 36.7 Å². The molecule has 27 heavy (non-hydrogen) atoms. The molecule has 144 valence electrons. The fourth-order valence-electron chi connectivity index (χ4n) is 4.17. The molecule has 4 rings (SSSR count). The summed E-state index contributed by atoms with van der Waals surface area (Å²) < 4.78 is 5.21. The molecule has 1 saturated heterocycles. The molecule has 0 radical (unpaired) electrons. The van der Waals surface area contributed by atoms with Crippen LogP contribution in [0.3, 0.4) is 0 Å². The van der Waals surface area contributed by atoms with Gasteiger partial charge in [-0.2, -0.15) is 0 Å². The Hall–Kier alpha value is -2.34. The van der Waals surface area contributed by atoms with E-state index in [-0.39, 0.29) is 0 Å². The quantitative estimate of drug-likeness (QED) is 0.870. The van der Waals surface area contributed by atoms with Crippen molar-refractivity contribution in [3.63, 3.8) is 0 Å². The van der Waals surface area contributed by atoms with Gasteiger partial charge in [-0.3, -0.25) is 4.90 Å². The van der Waals surface area contributed by atoms with Crippen LogP contribution in [-0.2, 0) is 0 Å². The average Bonchev–Trinajstić information content (AvgIpc) is 2.75. The van der Waals surface area contributed by atoms with E-state index < -0.39 is 0 Å². The summed E-state index contributed by atoms with van der Waals surface area (Å²) in [7, 11) is 1.67. The lowest BCUT2D eigenvalue weighted by Gasteiger charge is -2.41. The topological polar surface area (TPSA) is 53.5 Å². The first-order valence-electron chi connectivity index (χ1n) is 10.0. The number of piperazine rings is 1. The van der Waals surface area contributed by atoms with Gasteiger partial charge in [-0.05, 0) is 37.1 Å². The van der Waals surface area contributed by atoms with E-state index >= 15 is 0 Å². The van der Waals surface area contributed by atoms with E-state index in [4.69, 9.17) is 4.74 Å². The second kappa shape index (κ2) is 8.57. The fraction of sp³-hybridized carbons (Fsp3) is 0.524. The van der Waals surface area contributed by atoms with Gasteiger partial charge in [-0.15, -0.1) is 0 Å². The van der Waals surface area contributed by atoms with Gasteiger partial charge in [0, 0.05) is 44.0 Å². The minimum atomic E-state index is 0.804. The molecule has 2 heterocycles. The van der Waals surface area contributed by atoms with E-state index in [1.54, 1.807) is 13.4 Å². The standard InChI is InChI=1S/C21H29N5O/c1-27-19-9-7-17(8-10-19)24-20-15-21(23-16-22-20)26-13-11-25(12-14-26)18-5-3-2-4-6-18/h7-10,15-16,18H,2-6,11-14H2,1H3,(H,22,23,24). The predicted molar refractivity (Wildman–Crippen MR) is 109 cm³/mol. The third-order valence-corrected chi connectivity index (χ3v) is 5.74. The van der Waals surface area contributed by atoms with Crippen LogP contribution in [0.1, 0.15) is 32.1 Å². The molecule has 1 aliphatic heterocycles. The molecule has 1 N–H and O–H groups in total. The second-order valence-electron chi connectivity index (χ2n) is 7.43. The van der Waals surface area contributed by atoms with Crippen LogP contribution in [0.4, 0.5) is 17.3 Å². The summed E-state index contributed by atoms with van der Waals surface area (Å²) in [6.07, 6.45) is 8.62. The molecule has 0 bridgehead atoms. The fourth-order valence-corrected chi connectivity index (χ4v) is 4.17. The van der Waals surface area contributed by atoms with E-state index in [9.17, 15) is 0 Å². The minimum absolute atomic E-state index is 0.804. The van der Waals surface area contributed by atoms with Crippen LogP contribution in [0, 0.1) is 0 Å². The first-order chi connectivity index (χ1) is 13.3. The highest BCUT2D eigenvalue weighted by Gasteiger charge is 2.25. The Bertz CT molecular complexity index is 722. The zero-order chi connectivity index (χ0) is 18.5. The normalized spacial score (nSPS) is 19.1. The van der Waals surface area contributed by atoms with Gasteiger partial charge in [0.1, 0.15) is 23.7 Å². The summed E-state index contributed by atoms with van der Waals surface area (Å²) >= 11 is 0. The van der Waals surface area contributed by atoms with Gasteiger partial charge in [-0.1, -0.05) is 19.3 Å². The Morgan fingerprint density at radius 1 is 0.963 bits per heavy atom. The van der Waals surface area contributed by atoms with Crippen molar-refractivity contribution in [2.45, 2.75) is 38.1 Å². The van der Waals surface area contributed by atoms with Gasteiger partial charge in [0.25, 0.3) is 0 Å². The molecule has 2 aromatic rings. The first-order valence-corrected chi connectivity index (χ1v) is 10.0. The molecule has 6 nitrogen and oxygen atoms in total. The van der Waals surface area contributed by atoms with Crippen molar-refractivity contribution in [1.82, 2.24) is 14.9 Å². The minimum Gasteiger partial charge on any atom is -0.497 e. The van der Waals surface area contributed by atoms with Crippen molar-refractivity contribution in [1.29, 1.82) is 0 Å². The van der Waals surface area contributed by atoms with Crippen molar-refractivity contribution >= 4 is 17.3 Å². The number of anilines is 3. The van der Waals surface area contributed by atoms with Crippen molar-refractivity contribution < 1.29 is 4.74 Å². The van der Waals surface area contributed by atoms with Crippen LogP contribution >= 0.6 is 0 Å². The third kappa shape index (κ3) is 4.50. The number of nitrogens with one attached hydrogen (secondary N) is 1. The van der Waals surface area contributed by atoms with Crippen molar-refractivity contribution in [3.8, 4) is 5.75 Å². The van der Waals surface area contributed by atoms with Crippen LogP contribution in [0.5, 0.6) is 5.75 Å². The third-order valence-electron chi connectivity index (χ3n) is 5.74. The molecule has 6 heteroatoms. The Kier molecular flexibility index (Phi) is 5.72. The number of benzene rings is 1. The number of hydrogen-bond donors (Lipinski definition) is 1. The molecule has 1 aromatic heterocycles. The van der Waals surface area contributed by atoms with Crippen LogP contribution in [-0.4, -0.2) is 54.2 Å². The summed E-state index contributed by atoms with van der Waals surface area (Å²) in [5.74, 6) is 2.67. The number of rotatable bonds is 5. The highest BCUT2D eigenvalue weighted by molar-refractivity contribution is 5.60. The lowest BCUT2D eigenvalue weighted by molar-refractivity contribution is 0.147. The first kappa shape index (κ1) is 18.0. The van der Waals surface area contributed by atoms with Crippen LogP contribution < -0.4 is 15.0 Å². The van der Waals surface area contributed by atoms with Crippen molar-refractivity contribution in [2.24, 2.45) is 0 Å². The SMILES string of the molecule is COc1ccc(Nc2cc(N3CCN(C4CCCCC4)CC3)ncn2)cc1. The Labute approximate surface area is 161 Å². The van der Waals surface area contributed by atoms with Crippen molar-refractivity contribution in [2.75, 3.05) is 43.5 Å². The summed E-state index contributed by atoms with van der Waals surface area (Å²) in [5.41, 5.74) is 0.988. The Balaban J connectivity index is 1.36. The number of nitrogens with zero attached hydrogens (tertiary/aromatic N) is 4.